The van der Waals surface area contributed by atoms with Crippen LogP contribution in [0.4, 0.5) is 0 Å². The monoisotopic (exact) mass is 306 g/mol. The van der Waals surface area contributed by atoms with Gasteiger partial charge in [-0.2, -0.15) is 4.31 Å². The van der Waals surface area contributed by atoms with Crippen molar-refractivity contribution in [3.8, 4) is 0 Å². The fourth-order valence-corrected chi connectivity index (χ4v) is 3.58. The van der Waals surface area contributed by atoms with Gasteiger partial charge in [-0.15, -0.1) is 0 Å². The Kier molecular flexibility index (Phi) is 4.72. The molecule has 0 radical (unpaired) electrons. The molecule has 8 heteroatoms. The topological polar surface area (TPSA) is 97.5 Å². The summed E-state index contributed by atoms with van der Waals surface area (Å²) in [6.45, 7) is 1.86. The van der Waals surface area contributed by atoms with Crippen LogP contribution in [0.1, 0.15) is 6.92 Å². The maximum Gasteiger partial charge on any atom is 0.243 e. The predicted octanol–water partition coefficient (Wildman–Crippen LogP) is 0.0578. The van der Waals surface area contributed by atoms with Crippen LogP contribution in [0, 0.1) is 0 Å². The molecule has 0 saturated carbocycles. The van der Waals surface area contributed by atoms with Gasteiger partial charge in [0.15, 0.2) is 9.84 Å². The number of sulfonamides is 1. The number of nitrogens with two attached hydrogens (primary N) is 1. The number of likely N-dealkylation sites (N-methyl/N-ethyl adjacent to an activating group) is 1. The van der Waals surface area contributed by atoms with Crippen molar-refractivity contribution in [1.82, 2.24) is 4.31 Å². The molecule has 0 aliphatic carbocycles. The summed E-state index contributed by atoms with van der Waals surface area (Å²) in [6, 6.07) is 4.92. The van der Waals surface area contributed by atoms with Crippen LogP contribution in [0.2, 0.25) is 0 Å². The first-order valence-electron chi connectivity index (χ1n) is 5.59. The SMILES string of the molecule is CC(CN)N(C)S(=O)(=O)c1cccc(S(C)(=O)=O)c1. The minimum Gasteiger partial charge on any atom is -0.329 e. The van der Waals surface area contributed by atoms with Crippen molar-refractivity contribution in [1.29, 1.82) is 0 Å². The van der Waals surface area contributed by atoms with Crippen molar-refractivity contribution >= 4 is 19.9 Å². The molecule has 0 aliphatic rings. The number of rotatable bonds is 5. The van der Waals surface area contributed by atoms with Gasteiger partial charge < -0.3 is 5.73 Å². The summed E-state index contributed by atoms with van der Waals surface area (Å²) in [7, 11) is -5.77. The third-order valence-corrected chi connectivity index (χ3v) is 5.95. The summed E-state index contributed by atoms with van der Waals surface area (Å²) in [5.41, 5.74) is 5.44. The van der Waals surface area contributed by atoms with Gasteiger partial charge in [-0.25, -0.2) is 16.8 Å². The lowest BCUT2D eigenvalue weighted by Crippen LogP contribution is -2.39. The summed E-state index contributed by atoms with van der Waals surface area (Å²) in [6.07, 6.45) is 1.03. The summed E-state index contributed by atoms with van der Waals surface area (Å²) in [5, 5.41) is 0. The van der Waals surface area contributed by atoms with E-state index in [4.69, 9.17) is 5.73 Å². The van der Waals surface area contributed by atoms with Crippen LogP contribution in [-0.4, -0.2) is 47.0 Å². The molecule has 1 aromatic rings. The molecule has 1 unspecified atom stereocenters. The van der Waals surface area contributed by atoms with Crippen molar-refractivity contribution in [3.63, 3.8) is 0 Å². The van der Waals surface area contributed by atoms with Crippen LogP contribution in [-0.2, 0) is 19.9 Å². The first-order chi connectivity index (χ1) is 8.60. The lowest BCUT2D eigenvalue weighted by Gasteiger charge is -2.23. The zero-order valence-electron chi connectivity index (χ0n) is 11.1. The average molecular weight is 306 g/mol. The van der Waals surface area contributed by atoms with Gasteiger partial charge in [0, 0.05) is 25.9 Å². The molecule has 1 atom stereocenters. The van der Waals surface area contributed by atoms with E-state index in [1.807, 2.05) is 0 Å². The highest BCUT2D eigenvalue weighted by molar-refractivity contribution is 7.91. The quantitative estimate of drug-likeness (QED) is 0.829. The first kappa shape index (κ1) is 16.1. The van der Waals surface area contributed by atoms with Crippen LogP contribution in [0.15, 0.2) is 34.1 Å². The van der Waals surface area contributed by atoms with Gasteiger partial charge in [0.05, 0.1) is 9.79 Å². The minimum absolute atomic E-state index is 0.0256. The van der Waals surface area contributed by atoms with Crippen molar-refractivity contribution in [2.75, 3.05) is 19.8 Å². The van der Waals surface area contributed by atoms with Crippen LogP contribution < -0.4 is 5.73 Å². The molecule has 6 nitrogen and oxygen atoms in total. The number of hydrogen-bond acceptors (Lipinski definition) is 5. The molecule has 0 heterocycles. The molecule has 0 aromatic heterocycles. The molecule has 0 saturated heterocycles. The van der Waals surface area contributed by atoms with Gasteiger partial charge in [0.2, 0.25) is 10.0 Å². The third-order valence-electron chi connectivity index (χ3n) is 2.87. The summed E-state index contributed by atoms with van der Waals surface area (Å²) in [4.78, 5) is -0.0828. The van der Waals surface area contributed by atoms with Gasteiger partial charge in [-0.1, -0.05) is 6.07 Å². The Bertz CT molecular complexity index is 653. The Morgan fingerprint density at radius 3 is 2.21 bits per heavy atom. The summed E-state index contributed by atoms with van der Waals surface area (Å²) >= 11 is 0. The second-order valence-corrected chi connectivity index (χ2v) is 8.37. The highest BCUT2D eigenvalue weighted by Crippen LogP contribution is 2.19. The van der Waals surface area contributed by atoms with E-state index in [1.54, 1.807) is 6.92 Å². The van der Waals surface area contributed by atoms with Crippen molar-refractivity contribution in [3.05, 3.63) is 24.3 Å². The molecule has 0 amide bonds. The third kappa shape index (κ3) is 3.53. The zero-order valence-corrected chi connectivity index (χ0v) is 12.7. The second kappa shape index (κ2) is 5.58. The molecule has 19 heavy (non-hydrogen) atoms. The van der Waals surface area contributed by atoms with E-state index in [0.717, 1.165) is 16.6 Å². The Labute approximate surface area is 114 Å². The van der Waals surface area contributed by atoms with Gasteiger partial charge in [0.25, 0.3) is 0 Å². The zero-order chi connectivity index (χ0) is 14.8. The molecular weight excluding hydrogens is 288 g/mol. The molecule has 2 N–H and O–H groups in total. The Balaban J connectivity index is 3.31. The first-order valence-corrected chi connectivity index (χ1v) is 8.92. The maximum atomic E-state index is 12.3. The van der Waals surface area contributed by atoms with E-state index in [9.17, 15) is 16.8 Å². The van der Waals surface area contributed by atoms with Crippen molar-refractivity contribution < 1.29 is 16.8 Å². The molecule has 0 fully saturated rings. The molecule has 0 bridgehead atoms. The predicted molar refractivity (Wildman–Crippen MR) is 73.0 cm³/mol. The summed E-state index contributed by atoms with van der Waals surface area (Å²) < 4.78 is 48.6. The van der Waals surface area contributed by atoms with Crippen LogP contribution >= 0.6 is 0 Å². The van der Waals surface area contributed by atoms with Gasteiger partial charge >= 0.3 is 0 Å². The smallest absolute Gasteiger partial charge is 0.243 e. The highest BCUT2D eigenvalue weighted by Gasteiger charge is 2.25. The second-order valence-electron chi connectivity index (χ2n) is 4.35. The minimum atomic E-state index is -3.74. The molecule has 1 aromatic carbocycles. The fraction of sp³-hybridized carbons (Fsp3) is 0.455. The van der Waals surface area contributed by atoms with E-state index < -0.39 is 19.9 Å². The molecule has 1 rings (SSSR count). The van der Waals surface area contributed by atoms with Crippen LogP contribution in [0.25, 0.3) is 0 Å². The lowest BCUT2D eigenvalue weighted by atomic mass is 10.4. The molecular formula is C11H18N2O4S2. The molecule has 108 valence electrons. The number of benzene rings is 1. The fourth-order valence-electron chi connectivity index (χ4n) is 1.42. The standard InChI is InChI=1S/C11H18N2O4S2/c1-9(8-12)13(2)19(16,17)11-6-4-5-10(7-11)18(3,14)15/h4-7,9H,8,12H2,1-3H3. The number of sulfone groups is 1. The van der Waals surface area contributed by atoms with Gasteiger partial charge in [0.1, 0.15) is 0 Å². The van der Waals surface area contributed by atoms with Gasteiger partial charge in [-0.05, 0) is 25.1 Å². The van der Waals surface area contributed by atoms with E-state index in [2.05, 4.69) is 0 Å². The van der Waals surface area contributed by atoms with E-state index >= 15 is 0 Å². The molecule has 0 spiro atoms. The molecule has 0 aliphatic heterocycles. The summed E-state index contributed by atoms with van der Waals surface area (Å²) in [5.74, 6) is 0. The van der Waals surface area contributed by atoms with E-state index in [-0.39, 0.29) is 22.4 Å². The Hall–Kier alpha value is -0.960. The number of nitrogens with zero attached hydrogens (tertiary/aromatic N) is 1. The van der Waals surface area contributed by atoms with Crippen molar-refractivity contribution in [2.45, 2.75) is 22.8 Å². The average Bonchev–Trinajstić information content (AvgIpc) is 2.36. The van der Waals surface area contributed by atoms with Crippen molar-refractivity contribution in [2.24, 2.45) is 5.73 Å². The van der Waals surface area contributed by atoms with Crippen LogP contribution in [0.3, 0.4) is 0 Å². The Morgan fingerprint density at radius 1 is 1.21 bits per heavy atom. The Morgan fingerprint density at radius 2 is 1.74 bits per heavy atom. The lowest BCUT2D eigenvalue weighted by molar-refractivity contribution is 0.394. The van der Waals surface area contributed by atoms with E-state index in [1.165, 1.54) is 25.2 Å². The largest absolute Gasteiger partial charge is 0.329 e. The van der Waals surface area contributed by atoms with Gasteiger partial charge in [-0.3, -0.25) is 0 Å². The van der Waals surface area contributed by atoms with E-state index in [0.29, 0.717) is 0 Å². The van der Waals surface area contributed by atoms with Crippen LogP contribution in [0.5, 0.6) is 0 Å². The number of hydrogen-bond donors (Lipinski definition) is 1. The highest BCUT2D eigenvalue weighted by atomic mass is 32.2. The normalized spacial score (nSPS) is 14.6. The maximum absolute atomic E-state index is 12.3.